The van der Waals surface area contributed by atoms with E-state index in [1.54, 1.807) is 0 Å². The van der Waals surface area contributed by atoms with Crippen molar-refractivity contribution >= 4 is 11.6 Å². The van der Waals surface area contributed by atoms with Crippen LogP contribution < -0.4 is 10.1 Å². The molecule has 1 N–H and O–H groups in total. The number of nitrogens with one attached hydrogen (secondary N) is 1. The van der Waals surface area contributed by atoms with Crippen LogP contribution in [0, 0.1) is 0 Å². The highest BCUT2D eigenvalue weighted by Gasteiger charge is 1.93. The van der Waals surface area contributed by atoms with Gasteiger partial charge in [-0.2, -0.15) is 0 Å². The van der Waals surface area contributed by atoms with E-state index in [0.29, 0.717) is 0 Å². The summed E-state index contributed by atoms with van der Waals surface area (Å²) in [6, 6.07) is 7.45. The molecular formula is C13H18ClNO. The molecule has 1 aromatic rings. The summed E-state index contributed by atoms with van der Waals surface area (Å²) in [7, 11) is 0. The lowest BCUT2D eigenvalue weighted by atomic mass is 10.3. The molecule has 0 aliphatic rings. The van der Waals surface area contributed by atoms with Crippen molar-refractivity contribution in [3.63, 3.8) is 0 Å². The average Bonchev–Trinajstić information content (AvgIpc) is 2.30. The first-order chi connectivity index (χ1) is 7.83. The van der Waals surface area contributed by atoms with Gasteiger partial charge in [0.2, 0.25) is 0 Å². The van der Waals surface area contributed by atoms with E-state index < -0.39 is 0 Å². The Labute approximate surface area is 102 Å². The first-order valence-corrected chi connectivity index (χ1v) is 5.90. The normalized spacial score (nSPS) is 10.1. The van der Waals surface area contributed by atoms with E-state index in [1.807, 2.05) is 30.3 Å². The third-order valence-electron chi connectivity index (χ3n) is 2.12. The molecule has 0 unspecified atom stereocenters. The second-order valence-electron chi connectivity index (χ2n) is 3.50. The van der Waals surface area contributed by atoms with Gasteiger partial charge in [-0.3, -0.25) is 0 Å². The molecule has 0 aliphatic heterocycles. The van der Waals surface area contributed by atoms with E-state index in [4.69, 9.17) is 16.3 Å². The fourth-order valence-corrected chi connectivity index (χ4v) is 1.40. The summed E-state index contributed by atoms with van der Waals surface area (Å²) in [5, 5.41) is 3.99. The minimum atomic E-state index is 0.737. The van der Waals surface area contributed by atoms with E-state index in [2.05, 4.69) is 11.9 Å². The number of rotatable bonds is 8. The van der Waals surface area contributed by atoms with Crippen molar-refractivity contribution in [3.8, 4) is 5.75 Å². The number of benzene rings is 1. The van der Waals surface area contributed by atoms with Crippen LogP contribution in [0.25, 0.3) is 0 Å². The van der Waals surface area contributed by atoms with Gasteiger partial charge in [-0.05, 0) is 43.7 Å². The van der Waals surface area contributed by atoms with Crippen LogP contribution in [0.15, 0.2) is 36.9 Å². The molecule has 0 aromatic heterocycles. The Hall–Kier alpha value is -0.990. The third-order valence-corrected chi connectivity index (χ3v) is 2.37. The maximum Gasteiger partial charge on any atom is 0.119 e. The zero-order valence-electron chi connectivity index (χ0n) is 9.42. The molecule has 88 valence electrons. The van der Waals surface area contributed by atoms with E-state index in [9.17, 15) is 0 Å². The Kier molecular flexibility index (Phi) is 6.70. The molecule has 1 rings (SSSR count). The highest BCUT2D eigenvalue weighted by molar-refractivity contribution is 6.30. The van der Waals surface area contributed by atoms with Crippen LogP contribution in [0.4, 0.5) is 0 Å². The summed E-state index contributed by atoms with van der Waals surface area (Å²) in [6.45, 7) is 6.27. The van der Waals surface area contributed by atoms with Crippen molar-refractivity contribution in [2.45, 2.75) is 12.8 Å². The zero-order valence-corrected chi connectivity index (χ0v) is 10.2. The molecule has 1 aromatic carbocycles. The van der Waals surface area contributed by atoms with Gasteiger partial charge in [0.05, 0.1) is 6.61 Å². The standard InChI is InChI=1S/C13H18ClNO/c1-2-9-15-10-3-4-11-16-13-7-5-12(14)6-8-13/h2,5-8,15H,1,3-4,9-11H2. The second-order valence-corrected chi connectivity index (χ2v) is 3.94. The molecule has 0 radical (unpaired) electrons. The topological polar surface area (TPSA) is 21.3 Å². The number of halogens is 1. The summed E-state index contributed by atoms with van der Waals surface area (Å²) in [6.07, 6.45) is 4.03. The van der Waals surface area contributed by atoms with Crippen molar-refractivity contribution in [2.75, 3.05) is 19.7 Å². The van der Waals surface area contributed by atoms with Crippen LogP contribution in [0.1, 0.15) is 12.8 Å². The largest absolute Gasteiger partial charge is 0.494 e. The Balaban J connectivity index is 2.02. The van der Waals surface area contributed by atoms with Crippen molar-refractivity contribution in [2.24, 2.45) is 0 Å². The SMILES string of the molecule is C=CCNCCCCOc1ccc(Cl)cc1. The van der Waals surface area contributed by atoms with Gasteiger partial charge in [-0.1, -0.05) is 17.7 Å². The fraction of sp³-hybridized carbons (Fsp3) is 0.385. The summed E-state index contributed by atoms with van der Waals surface area (Å²) in [5.74, 6) is 0.878. The Morgan fingerprint density at radius 1 is 1.25 bits per heavy atom. The van der Waals surface area contributed by atoms with Crippen LogP contribution in [-0.4, -0.2) is 19.7 Å². The maximum absolute atomic E-state index is 5.77. The molecule has 16 heavy (non-hydrogen) atoms. The van der Waals surface area contributed by atoms with Gasteiger partial charge in [0, 0.05) is 11.6 Å². The van der Waals surface area contributed by atoms with Gasteiger partial charge in [0.15, 0.2) is 0 Å². The molecule has 0 aliphatic carbocycles. The summed E-state index contributed by atoms with van der Waals surface area (Å²) < 4.78 is 5.56. The average molecular weight is 240 g/mol. The van der Waals surface area contributed by atoms with Gasteiger partial charge in [0.25, 0.3) is 0 Å². The molecule has 0 fully saturated rings. The van der Waals surface area contributed by atoms with Gasteiger partial charge in [0.1, 0.15) is 5.75 Å². The van der Waals surface area contributed by atoms with Crippen LogP contribution >= 0.6 is 11.6 Å². The highest BCUT2D eigenvalue weighted by atomic mass is 35.5. The van der Waals surface area contributed by atoms with Gasteiger partial charge in [-0.15, -0.1) is 6.58 Å². The Bertz CT molecular complexity index is 297. The van der Waals surface area contributed by atoms with Crippen LogP contribution in [0.3, 0.4) is 0 Å². The van der Waals surface area contributed by atoms with Crippen LogP contribution in [-0.2, 0) is 0 Å². The Morgan fingerprint density at radius 3 is 2.69 bits per heavy atom. The van der Waals surface area contributed by atoms with Crippen LogP contribution in [0.5, 0.6) is 5.75 Å². The lowest BCUT2D eigenvalue weighted by molar-refractivity contribution is 0.306. The lowest BCUT2D eigenvalue weighted by Gasteiger charge is -2.06. The number of hydrogen-bond donors (Lipinski definition) is 1. The third kappa shape index (κ3) is 5.79. The first kappa shape index (κ1) is 13.1. The van der Waals surface area contributed by atoms with Gasteiger partial charge in [-0.25, -0.2) is 0 Å². The predicted molar refractivity (Wildman–Crippen MR) is 69.2 cm³/mol. The van der Waals surface area contributed by atoms with Crippen molar-refractivity contribution in [1.82, 2.24) is 5.32 Å². The molecular weight excluding hydrogens is 222 g/mol. The van der Waals surface area contributed by atoms with E-state index in [-0.39, 0.29) is 0 Å². The molecule has 0 atom stereocenters. The monoisotopic (exact) mass is 239 g/mol. The summed E-state index contributed by atoms with van der Waals surface area (Å²) in [5.41, 5.74) is 0. The molecule has 0 saturated heterocycles. The molecule has 3 heteroatoms. The highest BCUT2D eigenvalue weighted by Crippen LogP contribution is 2.15. The summed E-state index contributed by atoms with van der Waals surface area (Å²) >= 11 is 5.77. The predicted octanol–water partition coefficient (Wildman–Crippen LogP) is 3.27. The van der Waals surface area contributed by atoms with E-state index in [0.717, 1.165) is 43.3 Å². The van der Waals surface area contributed by atoms with Crippen molar-refractivity contribution in [1.29, 1.82) is 0 Å². The smallest absolute Gasteiger partial charge is 0.119 e. The molecule has 0 heterocycles. The minimum Gasteiger partial charge on any atom is -0.494 e. The van der Waals surface area contributed by atoms with Gasteiger partial charge >= 0.3 is 0 Å². The fourth-order valence-electron chi connectivity index (χ4n) is 1.28. The summed E-state index contributed by atoms with van der Waals surface area (Å²) in [4.78, 5) is 0. The molecule has 0 saturated carbocycles. The van der Waals surface area contributed by atoms with E-state index in [1.165, 1.54) is 0 Å². The number of ether oxygens (including phenoxy) is 1. The first-order valence-electron chi connectivity index (χ1n) is 5.53. The quantitative estimate of drug-likeness (QED) is 0.555. The van der Waals surface area contributed by atoms with E-state index >= 15 is 0 Å². The second kappa shape index (κ2) is 8.20. The molecule has 0 spiro atoms. The lowest BCUT2D eigenvalue weighted by Crippen LogP contribution is -2.15. The zero-order chi connectivity index (χ0) is 11.6. The maximum atomic E-state index is 5.77. The van der Waals surface area contributed by atoms with Crippen LogP contribution in [0.2, 0.25) is 5.02 Å². The minimum absolute atomic E-state index is 0.737. The molecule has 2 nitrogen and oxygen atoms in total. The van der Waals surface area contributed by atoms with Gasteiger partial charge < -0.3 is 10.1 Å². The van der Waals surface area contributed by atoms with Crippen molar-refractivity contribution < 1.29 is 4.74 Å². The molecule has 0 amide bonds. The number of unbranched alkanes of at least 4 members (excludes halogenated alkanes) is 1. The number of hydrogen-bond acceptors (Lipinski definition) is 2. The van der Waals surface area contributed by atoms with Crippen molar-refractivity contribution in [3.05, 3.63) is 41.9 Å². The Morgan fingerprint density at radius 2 is 2.00 bits per heavy atom. The molecule has 0 bridgehead atoms.